The minimum atomic E-state index is -0.527. The van der Waals surface area contributed by atoms with Crippen molar-refractivity contribution in [1.82, 2.24) is 4.90 Å². The van der Waals surface area contributed by atoms with E-state index in [1.165, 1.54) is 4.90 Å². The summed E-state index contributed by atoms with van der Waals surface area (Å²) >= 11 is 0. The molecule has 0 aromatic rings. The molecular formula is C8H11N3O. The molecule has 0 aromatic carbocycles. The molecule has 1 heterocycles. The first-order valence-corrected chi connectivity index (χ1v) is 3.79. The van der Waals surface area contributed by atoms with Crippen molar-refractivity contribution in [1.29, 1.82) is 5.26 Å². The van der Waals surface area contributed by atoms with Gasteiger partial charge in [0.25, 0.3) is 0 Å². The van der Waals surface area contributed by atoms with Crippen LogP contribution in [0.1, 0.15) is 6.92 Å². The van der Waals surface area contributed by atoms with E-state index in [1.54, 1.807) is 19.1 Å². The third-order valence-electron chi connectivity index (χ3n) is 1.76. The van der Waals surface area contributed by atoms with E-state index < -0.39 is 12.1 Å². The van der Waals surface area contributed by atoms with Crippen LogP contribution in [0.25, 0.3) is 0 Å². The summed E-state index contributed by atoms with van der Waals surface area (Å²) in [6.07, 6.45) is 3.51. The lowest BCUT2D eigenvalue weighted by atomic mass is 10.2. The second-order valence-electron chi connectivity index (χ2n) is 2.78. The summed E-state index contributed by atoms with van der Waals surface area (Å²) in [7, 11) is 0. The van der Waals surface area contributed by atoms with Crippen LogP contribution in [-0.2, 0) is 4.79 Å². The molecule has 1 amide bonds. The molecule has 64 valence electrons. The van der Waals surface area contributed by atoms with Crippen molar-refractivity contribution < 1.29 is 4.79 Å². The predicted octanol–water partition coefficient (Wildman–Crippen LogP) is -0.376. The van der Waals surface area contributed by atoms with Crippen LogP contribution in [0, 0.1) is 11.3 Å². The molecular weight excluding hydrogens is 154 g/mol. The summed E-state index contributed by atoms with van der Waals surface area (Å²) in [6.45, 7) is 2.12. The number of rotatable bonds is 1. The fourth-order valence-electron chi connectivity index (χ4n) is 1.12. The first kappa shape index (κ1) is 8.75. The molecule has 2 atom stereocenters. The van der Waals surface area contributed by atoms with Crippen LogP contribution in [0.15, 0.2) is 12.2 Å². The van der Waals surface area contributed by atoms with Crippen LogP contribution in [0.4, 0.5) is 0 Å². The summed E-state index contributed by atoms with van der Waals surface area (Å²) < 4.78 is 0. The Morgan fingerprint density at radius 1 is 1.92 bits per heavy atom. The smallest absolute Gasteiger partial charge is 0.240 e. The highest BCUT2D eigenvalue weighted by Crippen LogP contribution is 2.09. The number of amides is 1. The van der Waals surface area contributed by atoms with Gasteiger partial charge in [-0.15, -0.1) is 0 Å². The second kappa shape index (κ2) is 3.37. The van der Waals surface area contributed by atoms with E-state index in [2.05, 4.69) is 0 Å². The van der Waals surface area contributed by atoms with Gasteiger partial charge in [-0.2, -0.15) is 5.26 Å². The molecule has 0 saturated carbocycles. The molecule has 4 heteroatoms. The largest absolute Gasteiger partial charge is 0.320 e. The van der Waals surface area contributed by atoms with Crippen molar-refractivity contribution in [3.63, 3.8) is 0 Å². The predicted molar refractivity (Wildman–Crippen MR) is 43.9 cm³/mol. The molecule has 0 bridgehead atoms. The number of nitrogens with zero attached hydrogens (tertiary/aromatic N) is 2. The van der Waals surface area contributed by atoms with Gasteiger partial charge in [-0.3, -0.25) is 4.79 Å². The Morgan fingerprint density at radius 3 is 3.08 bits per heavy atom. The zero-order valence-corrected chi connectivity index (χ0v) is 6.90. The minimum absolute atomic E-state index is 0.174. The fraction of sp³-hybridized carbons (Fsp3) is 0.500. The zero-order chi connectivity index (χ0) is 9.14. The maximum Gasteiger partial charge on any atom is 0.240 e. The quantitative estimate of drug-likeness (QED) is 0.538. The van der Waals surface area contributed by atoms with Crippen LogP contribution in [0.2, 0.25) is 0 Å². The highest BCUT2D eigenvalue weighted by molar-refractivity contribution is 5.82. The van der Waals surface area contributed by atoms with E-state index in [1.807, 2.05) is 6.07 Å². The lowest BCUT2D eigenvalue weighted by molar-refractivity contribution is -0.131. The van der Waals surface area contributed by atoms with E-state index in [4.69, 9.17) is 11.0 Å². The van der Waals surface area contributed by atoms with Crippen molar-refractivity contribution in [2.75, 3.05) is 6.54 Å². The Balaban J connectivity index is 2.66. The van der Waals surface area contributed by atoms with Crippen LogP contribution < -0.4 is 5.73 Å². The lowest BCUT2D eigenvalue weighted by Gasteiger charge is -2.21. The van der Waals surface area contributed by atoms with Gasteiger partial charge in [0.1, 0.15) is 6.04 Å². The molecule has 12 heavy (non-hydrogen) atoms. The van der Waals surface area contributed by atoms with E-state index in [0.29, 0.717) is 6.54 Å². The molecule has 1 aliphatic rings. The van der Waals surface area contributed by atoms with Crippen LogP contribution >= 0.6 is 0 Å². The van der Waals surface area contributed by atoms with Crippen molar-refractivity contribution in [2.45, 2.75) is 19.0 Å². The summed E-state index contributed by atoms with van der Waals surface area (Å²) in [6, 6.07) is 1.06. The molecule has 0 aromatic heterocycles. The normalized spacial score (nSPS) is 23.8. The zero-order valence-electron chi connectivity index (χ0n) is 6.90. The SMILES string of the molecule is CC(N)C(=O)N1CC=C[C@H]1C#N. The topological polar surface area (TPSA) is 70.1 Å². The summed E-state index contributed by atoms with van der Waals surface area (Å²) in [5.74, 6) is -0.174. The standard InChI is InChI=1S/C8H11N3O/c1-6(10)8(12)11-4-2-3-7(11)5-9/h2-3,6-7H,4,10H2,1H3/t6?,7-/m0/s1. The van der Waals surface area contributed by atoms with E-state index in [-0.39, 0.29) is 5.91 Å². The number of hydrogen-bond acceptors (Lipinski definition) is 3. The van der Waals surface area contributed by atoms with Gasteiger partial charge in [-0.1, -0.05) is 6.08 Å². The van der Waals surface area contributed by atoms with E-state index in [0.717, 1.165) is 0 Å². The second-order valence-corrected chi connectivity index (χ2v) is 2.78. The number of carbonyl (C=O) groups excluding carboxylic acids is 1. The van der Waals surface area contributed by atoms with Gasteiger partial charge >= 0.3 is 0 Å². The Bertz CT molecular complexity index is 252. The first-order chi connectivity index (χ1) is 5.66. The number of nitriles is 1. The van der Waals surface area contributed by atoms with Gasteiger partial charge in [0, 0.05) is 6.54 Å². The summed E-state index contributed by atoms with van der Waals surface area (Å²) in [5.41, 5.74) is 5.40. The number of carbonyl (C=O) groups is 1. The molecule has 2 N–H and O–H groups in total. The average molecular weight is 165 g/mol. The Kier molecular flexibility index (Phi) is 2.46. The Labute approximate surface area is 71.3 Å². The van der Waals surface area contributed by atoms with Crippen molar-refractivity contribution in [2.24, 2.45) is 5.73 Å². The monoisotopic (exact) mass is 165 g/mol. The third-order valence-corrected chi connectivity index (χ3v) is 1.76. The van der Waals surface area contributed by atoms with Crippen molar-refractivity contribution in [3.8, 4) is 6.07 Å². The summed E-state index contributed by atoms with van der Waals surface area (Å²) in [5, 5.41) is 8.63. The fourth-order valence-corrected chi connectivity index (χ4v) is 1.12. The Morgan fingerprint density at radius 2 is 2.58 bits per heavy atom. The third kappa shape index (κ3) is 1.46. The molecule has 4 nitrogen and oxygen atoms in total. The molecule has 0 spiro atoms. The van der Waals surface area contributed by atoms with Gasteiger partial charge in [0.15, 0.2) is 0 Å². The molecule has 1 unspecified atom stereocenters. The van der Waals surface area contributed by atoms with Gasteiger partial charge in [0.2, 0.25) is 5.91 Å². The van der Waals surface area contributed by atoms with E-state index in [9.17, 15) is 4.79 Å². The average Bonchev–Trinajstić information content (AvgIpc) is 2.49. The van der Waals surface area contributed by atoms with Gasteiger partial charge in [-0.25, -0.2) is 0 Å². The first-order valence-electron chi connectivity index (χ1n) is 3.79. The molecule has 1 rings (SSSR count). The van der Waals surface area contributed by atoms with Crippen LogP contribution in [-0.4, -0.2) is 29.4 Å². The van der Waals surface area contributed by atoms with Gasteiger partial charge < -0.3 is 10.6 Å². The molecule has 0 radical (unpaired) electrons. The number of hydrogen-bond donors (Lipinski definition) is 1. The highest BCUT2D eigenvalue weighted by Gasteiger charge is 2.25. The van der Waals surface area contributed by atoms with Crippen molar-refractivity contribution >= 4 is 5.91 Å². The maximum atomic E-state index is 11.3. The molecule has 1 aliphatic heterocycles. The molecule has 0 aliphatic carbocycles. The maximum absolute atomic E-state index is 11.3. The van der Waals surface area contributed by atoms with Crippen LogP contribution in [0.5, 0.6) is 0 Å². The minimum Gasteiger partial charge on any atom is -0.320 e. The van der Waals surface area contributed by atoms with Crippen molar-refractivity contribution in [3.05, 3.63) is 12.2 Å². The van der Waals surface area contributed by atoms with E-state index >= 15 is 0 Å². The lowest BCUT2D eigenvalue weighted by Crippen LogP contribution is -2.44. The van der Waals surface area contributed by atoms with Crippen LogP contribution in [0.3, 0.4) is 0 Å². The summed E-state index contributed by atoms with van der Waals surface area (Å²) in [4.78, 5) is 12.8. The molecule has 0 fully saturated rings. The number of nitrogens with two attached hydrogens (primary N) is 1. The van der Waals surface area contributed by atoms with Gasteiger partial charge in [-0.05, 0) is 13.0 Å². The Hall–Kier alpha value is -1.34. The highest BCUT2D eigenvalue weighted by atomic mass is 16.2. The van der Waals surface area contributed by atoms with Gasteiger partial charge in [0.05, 0.1) is 12.1 Å². The molecule has 0 saturated heterocycles.